The van der Waals surface area contributed by atoms with Gasteiger partial charge in [-0.3, -0.25) is 9.59 Å². The molecule has 4 rings (SSSR count). The number of alkyl halides is 3. The number of aromatic amines is 1. The van der Waals surface area contributed by atoms with Gasteiger partial charge in [0.05, 0.1) is 22.2 Å². The maximum Gasteiger partial charge on any atom is 0.417 e. The van der Waals surface area contributed by atoms with Crippen molar-refractivity contribution in [1.29, 1.82) is 0 Å². The number of hydrogen-bond donors (Lipinski definition) is 4. The number of amides is 2. The zero-order valence-electron chi connectivity index (χ0n) is 19.6. The molecule has 0 radical (unpaired) electrons. The van der Waals surface area contributed by atoms with Crippen LogP contribution in [0.25, 0.3) is 11.0 Å². The number of imidazole rings is 1. The first kappa shape index (κ1) is 27.8. The summed E-state index contributed by atoms with van der Waals surface area (Å²) in [6, 6.07) is 12.4. The van der Waals surface area contributed by atoms with E-state index in [2.05, 4.69) is 25.9 Å². The number of halogens is 5. The monoisotopic (exact) mass is 551 g/mol. The Bertz CT molecular complexity index is 1470. The first-order chi connectivity index (χ1) is 17.1. The molecule has 0 atom stereocenters. The highest BCUT2D eigenvalue weighted by molar-refractivity contribution is 6.31. The summed E-state index contributed by atoms with van der Waals surface area (Å²) in [5.41, 5.74) is 0.481. The number of carbonyl (C=O) groups excluding carboxylic acids is 2. The van der Waals surface area contributed by atoms with Gasteiger partial charge in [0, 0.05) is 22.9 Å². The molecule has 2 amide bonds. The van der Waals surface area contributed by atoms with Crippen molar-refractivity contribution in [2.24, 2.45) is 0 Å². The molecule has 4 N–H and O–H groups in total. The number of carbonyl (C=O) groups is 2. The molecule has 0 aliphatic rings. The topological polar surface area (TPSA) is 98.9 Å². The highest BCUT2D eigenvalue weighted by Gasteiger charge is 2.35. The lowest BCUT2D eigenvalue weighted by Gasteiger charge is -2.14. The molecule has 194 valence electrons. The van der Waals surface area contributed by atoms with Crippen molar-refractivity contribution in [1.82, 2.24) is 9.97 Å². The van der Waals surface area contributed by atoms with E-state index in [0.717, 1.165) is 12.1 Å². The van der Waals surface area contributed by atoms with E-state index in [9.17, 15) is 22.8 Å². The molecule has 0 aliphatic carbocycles. The van der Waals surface area contributed by atoms with Crippen LogP contribution in [0.5, 0.6) is 0 Å². The van der Waals surface area contributed by atoms with E-state index in [1.807, 2.05) is 6.92 Å². The van der Waals surface area contributed by atoms with Crippen LogP contribution in [0.15, 0.2) is 54.6 Å². The second kappa shape index (κ2) is 11.1. The van der Waals surface area contributed by atoms with Crippen molar-refractivity contribution in [3.8, 4) is 0 Å². The average Bonchev–Trinajstić information content (AvgIpc) is 3.23. The quantitative estimate of drug-likeness (QED) is 0.209. The summed E-state index contributed by atoms with van der Waals surface area (Å²) in [4.78, 5) is 33.5. The average molecular weight is 552 g/mol. The lowest BCUT2D eigenvalue weighted by molar-refractivity contribution is -0.137. The van der Waals surface area contributed by atoms with Crippen LogP contribution in [0.2, 0.25) is 5.02 Å². The number of H-pyrrole nitrogens is 1. The molecule has 4 aromatic rings. The number of nitrogens with one attached hydrogen (secondary N) is 4. The van der Waals surface area contributed by atoms with Crippen LogP contribution in [-0.4, -0.2) is 28.3 Å². The lowest BCUT2D eigenvalue weighted by Crippen LogP contribution is -2.19. The summed E-state index contributed by atoms with van der Waals surface area (Å²) in [6.45, 7) is 4.17. The van der Waals surface area contributed by atoms with Crippen LogP contribution < -0.4 is 16.0 Å². The maximum atomic E-state index is 13.4. The lowest BCUT2D eigenvalue weighted by atomic mass is 10.1. The molecule has 37 heavy (non-hydrogen) atoms. The van der Waals surface area contributed by atoms with Gasteiger partial charge < -0.3 is 20.9 Å². The Kier molecular flexibility index (Phi) is 8.35. The van der Waals surface area contributed by atoms with E-state index in [4.69, 9.17) is 11.6 Å². The van der Waals surface area contributed by atoms with Gasteiger partial charge in [-0.05, 0) is 55.8 Å². The van der Waals surface area contributed by atoms with Crippen LogP contribution in [0.1, 0.15) is 38.8 Å². The SMILES string of the molecule is CCNc1nc2c(C(=O)Nc3cccc(Cl)c3C)cc(NC(=O)c3ccccc3C(F)(F)F)cc2[nH]1.Cl. The molecule has 1 heterocycles. The van der Waals surface area contributed by atoms with Gasteiger partial charge in [0.25, 0.3) is 11.8 Å². The molecule has 0 fully saturated rings. The number of fused-ring (bicyclic) bond motifs is 1. The fraction of sp³-hybridized carbons (Fsp3) is 0.160. The number of rotatable bonds is 6. The molecule has 0 aliphatic heterocycles. The van der Waals surface area contributed by atoms with E-state index in [1.54, 1.807) is 25.1 Å². The molecule has 0 bridgehead atoms. The standard InChI is InChI=1S/C25H21ClF3N5O2.ClH/c1-3-30-24-33-20-12-14(31-22(35)15-7-4-5-8-17(15)25(27,28)29)11-16(21(20)34-24)23(36)32-19-10-6-9-18(26)13(19)2;/h4-12H,3H2,1-2H3,(H,31,35)(H,32,36)(H2,30,33,34);1H. The Labute approximate surface area is 221 Å². The van der Waals surface area contributed by atoms with E-state index in [0.29, 0.717) is 39.8 Å². The molecular formula is C25H22Cl2F3N5O2. The molecule has 3 aromatic carbocycles. The predicted octanol–water partition coefficient (Wildman–Crippen LogP) is 6.90. The van der Waals surface area contributed by atoms with Crippen molar-refractivity contribution < 1.29 is 22.8 Å². The zero-order valence-corrected chi connectivity index (χ0v) is 21.2. The van der Waals surface area contributed by atoms with Gasteiger partial charge in [-0.25, -0.2) is 4.98 Å². The highest BCUT2D eigenvalue weighted by Crippen LogP contribution is 2.33. The molecule has 0 spiro atoms. The number of anilines is 3. The smallest absolute Gasteiger partial charge is 0.356 e. The summed E-state index contributed by atoms with van der Waals surface area (Å²) in [5, 5.41) is 8.74. The summed E-state index contributed by atoms with van der Waals surface area (Å²) >= 11 is 6.16. The van der Waals surface area contributed by atoms with Gasteiger partial charge >= 0.3 is 6.18 Å². The van der Waals surface area contributed by atoms with Crippen molar-refractivity contribution in [3.05, 3.63) is 81.9 Å². The first-order valence-corrected chi connectivity index (χ1v) is 11.3. The van der Waals surface area contributed by atoms with E-state index in [1.165, 1.54) is 24.3 Å². The second-order valence-electron chi connectivity index (χ2n) is 7.90. The Balaban J connectivity index is 0.00000380. The van der Waals surface area contributed by atoms with Crippen molar-refractivity contribution in [3.63, 3.8) is 0 Å². The Morgan fingerprint density at radius 3 is 2.41 bits per heavy atom. The minimum Gasteiger partial charge on any atom is -0.356 e. The largest absolute Gasteiger partial charge is 0.417 e. The van der Waals surface area contributed by atoms with Crippen molar-refractivity contribution >= 4 is 64.2 Å². The third-order valence-corrected chi connectivity index (χ3v) is 5.84. The van der Waals surface area contributed by atoms with Crippen LogP contribution in [0.3, 0.4) is 0 Å². The van der Waals surface area contributed by atoms with E-state index >= 15 is 0 Å². The van der Waals surface area contributed by atoms with Gasteiger partial charge in [0.2, 0.25) is 5.95 Å². The Morgan fingerprint density at radius 1 is 1.00 bits per heavy atom. The van der Waals surface area contributed by atoms with Crippen LogP contribution in [0.4, 0.5) is 30.5 Å². The molecule has 0 saturated heterocycles. The summed E-state index contributed by atoms with van der Waals surface area (Å²) in [6.07, 6.45) is -4.71. The van der Waals surface area contributed by atoms with Gasteiger partial charge in [0.1, 0.15) is 5.52 Å². The molecule has 0 saturated carbocycles. The molecule has 12 heteroatoms. The van der Waals surface area contributed by atoms with Crippen molar-refractivity contribution in [2.45, 2.75) is 20.0 Å². The summed E-state index contributed by atoms with van der Waals surface area (Å²) < 4.78 is 40.2. The molecule has 0 unspecified atom stereocenters. The Morgan fingerprint density at radius 2 is 1.70 bits per heavy atom. The zero-order chi connectivity index (χ0) is 26.0. The second-order valence-corrected chi connectivity index (χ2v) is 8.31. The van der Waals surface area contributed by atoms with Crippen LogP contribution >= 0.6 is 24.0 Å². The fourth-order valence-corrected chi connectivity index (χ4v) is 3.85. The minimum atomic E-state index is -4.71. The number of aromatic nitrogens is 2. The first-order valence-electron chi connectivity index (χ1n) is 10.9. The minimum absolute atomic E-state index is 0. The maximum absolute atomic E-state index is 13.4. The van der Waals surface area contributed by atoms with E-state index < -0.39 is 29.1 Å². The van der Waals surface area contributed by atoms with Gasteiger partial charge in [-0.1, -0.05) is 29.8 Å². The summed E-state index contributed by atoms with van der Waals surface area (Å²) in [5.74, 6) is -1.11. The van der Waals surface area contributed by atoms with E-state index in [-0.39, 0.29) is 23.7 Å². The number of nitrogens with zero attached hydrogens (tertiary/aromatic N) is 1. The molecule has 7 nitrogen and oxygen atoms in total. The summed E-state index contributed by atoms with van der Waals surface area (Å²) in [7, 11) is 0. The van der Waals surface area contributed by atoms with Crippen LogP contribution in [-0.2, 0) is 6.18 Å². The van der Waals surface area contributed by atoms with Gasteiger partial charge in [0.15, 0.2) is 0 Å². The third-order valence-electron chi connectivity index (χ3n) is 5.43. The van der Waals surface area contributed by atoms with Gasteiger partial charge in [-0.15, -0.1) is 12.4 Å². The normalized spacial score (nSPS) is 11.1. The molecular weight excluding hydrogens is 530 g/mol. The fourth-order valence-electron chi connectivity index (χ4n) is 3.67. The number of benzene rings is 3. The third kappa shape index (κ3) is 5.98. The number of hydrogen-bond acceptors (Lipinski definition) is 4. The highest BCUT2D eigenvalue weighted by atomic mass is 35.5. The predicted molar refractivity (Wildman–Crippen MR) is 141 cm³/mol. The van der Waals surface area contributed by atoms with Crippen molar-refractivity contribution in [2.75, 3.05) is 22.5 Å². The van der Waals surface area contributed by atoms with Crippen LogP contribution in [0, 0.1) is 6.92 Å². The molecule has 1 aromatic heterocycles. The van der Waals surface area contributed by atoms with Gasteiger partial charge in [-0.2, -0.15) is 13.2 Å². The Hall–Kier alpha value is -3.76.